The Morgan fingerprint density at radius 1 is 1.29 bits per heavy atom. The van der Waals surface area contributed by atoms with E-state index >= 15 is 0 Å². The number of carbonyl (C=O) groups is 1. The minimum absolute atomic E-state index is 0.234. The first-order valence-corrected chi connectivity index (χ1v) is 7.33. The van der Waals surface area contributed by atoms with Gasteiger partial charge in [-0.2, -0.15) is 5.26 Å². The molecule has 110 valence electrons. The lowest BCUT2D eigenvalue weighted by molar-refractivity contribution is 0.0266. The number of nitriles is 1. The fraction of sp³-hybridized carbons (Fsp3) is 0.529. The van der Waals surface area contributed by atoms with Crippen LogP contribution in [0.4, 0.5) is 4.79 Å². The summed E-state index contributed by atoms with van der Waals surface area (Å²) in [5, 5.41) is 9.64. The summed E-state index contributed by atoms with van der Waals surface area (Å²) in [6.07, 6.45) is -0.269. The van der Waals surface area contributed by atoms with Crippen molar-refractivity contribution in [2.24, 2.45) is 11.8 Å². The van der Waals surface area contributed by atoms with Crippen LogP contribution in [0.2, 0.25) is 0 Å². The Morgan fingerprint density at radius 3 is 2.33 bits per heavy atom. The van der Waals surface area contributed by atoms with Gasteiger partial charge < -0.3 is 9.64 Å². The summed E-state index contributed by atoms with van der Waals surface area (Å²) in [6, 6.07) is 12.4. The second-order valence-corrected chi connectivity index (χ2v) is 6.95. The van der Waals surface area contributed by atoms with Crippen LogP contribution < -0.4 is 0 Å². The van der Waals surface area contributed by atoms with Gasteiger partial charge in [-0.05, 0) is 26.3 Å². The Labute approximate surface area is 125 Å². The Bertz CT molecular complexity index is 585. The van der Waals surface area contributed by atoms with E-state index in [9.17, 15) is 10.1 Å². The fourth-order valence-corrected chi connectivity index (χ4v) is 3.48. The predicted octanol–water partition coefficient (Wildman–Crippen LogP) is 2.94. The van der Waals surface area contributed by atoms with Crippen LogP contribution in [0.15, 0.2) is 30.3 Å². The molecule has 3 atom stereocenters. The lowest BCUT2D eigenvalue weighted by atomic mass is 9.92. The van der Waals surface area contributed by atoms with Gasteiger partial charge in [-0.3, -0.25) is 0 Å². The van der Waals surface area contributed by atoms with E-state index in [0.29, 0.717) is 13.1 Å². The van der Waals surface area contributed by atoms with Crippen LogP contribution in [0.5, 0.6) is 0 Å². The molecule has 0 spiro atoms. The first-order valence-electron chi connectivity index (χ1n) is 7.33. The molecule has 1 aliphatic heterocycles. The smallest absolute Gasteiger partial charge is 0.410 e. The molecule has 1 aromatic rings. The molecule has 2 aliphatic rings. The number of ether oxygens (including phenoxy) is 1. The lowest BCUT2D eigenvalue weighted by Crippen LogP contribution is -2.38. The molecule has 21 heavy (non-hydrogen) atoms. The number of benzene rings is 1. The van der Waals surface area contributed by atoms with Gasteiger partial charge in [-0.15, -0.1) is 0 Å². The number of rotatable bonds is 1. The Hall–Kier alpha value is -2.02. The van der Waals surface area contributed by atoms with Crippen LogP contribution in [-0.2, 0) is 10.2 Å². The van der Waals surface area contributed by atoms with Crippen LogP contribution in [0, 0.1) is 23.2 Å². The summed E-state index contributed by atoms with van der Waals surface area (Å²) < 4.78 is 5.40. The third-order valence-corrected chi connectivity index (χ3v) is 4.47. The predicted molar refractivity (Wildman–Crippen MR) is 78.5 cm³/mol. The van der Waals surface area contributed by atoms with Gasteiger partial charge >= 0.3 is 6.09 Å². The van der Waals surface area contributed by atoms with E-state index in [1.807, 2.05) is 51.1 Å². The highest BCUT2D eigenvalue weighted by Gasteiger charge is 2.70. The largest absolute Gasteiger partial charge is 0.444 e. The van der Waals surface area contributed by atoms with Gasteiger partial charge in [0.05, 0.1) is 11.5 Å². The minimum atomic E-state index is -0.477. The maximum absolute atomic E-state index is 12.1. The molecule has 1 aliphatic carbocycles. The Balaban J connectivity index is 1.71. The van der Waals surface area contributed by atoms with Crippen LogP contribution >= 0.6 is 0 Å². The second-order valence-electron chi connectivity index (χ2n) is 6.95. The SMILES string of the molecule is CC(C)(C)OC(=O)N1C[C@@H]2[C@H](C1)[C@]2(C#N)c1ccccc1. The molecule has 4 heteroatoms. The molecule has 0 unspecified atom stereocenters. The van der Waals surface area contributed by atoms with Crippen LogP contribution in [0.25, 0.3) is 0 Å². The van der Waals surface area contributed by atoms with E-state index < -0.39 is 11.0 Å². The number of nitrogens with zero attached hydrogens (tertiary/aromatic N) is 2. The summed E-state index contributed by atoms with van der Waals surface area (Å²) in [4.78, 5) is 13.8. The standard InChI is InChI=1S/C17H20N2O2/c1-16(2,3)21-15(20)19-9-13-14(10-19)17(13,11-18)12-7-5-4-6-8-12/h4-8,13-14H,9-10H2,1-3H3/t13-,14+,17-. The van der Waals surface area contributed by atoms with Crippen LogP contribution in [0.3, 0.4) is 0 Å². The molecule has 4 nitrogen and oxygen atoms in total. The van der Waals surface area contributed by atoms with Gasteiger partial charge in [-0.25, -0.2) is 4.79 Å². The number of hydrogen-bond acceptors (Lipinski definition) is 3. The van der Waals surface area contributed by atoms with E-state index in [0.717, 1.165) is 5.56 Å². The maximum Gasteiger partial charge on any atom is 0.410 e. The molecule has 0 bridgehead atoms. The third kappa shape index (κ3) is 2.17. The first kappa shape index (κ1) is 13.9. The van der Waals surface area contributed by atoms with Crippen molar-refractivity contribution in [3.8, 4) is 6.07 Å². The van der Waals surface area contributed by atoms with Crippen molar-refractivity contribution in [2.75, 3.05) is 13.1 Å². The second kappa shape index (κ2) is 4.49. The fourth-order valence-electron chi connectivity index (χ4n) is 3.48. The van der Waals surface area contributed by atoms with E-state index in [2.05, 4.69) is 6.07 Å². The zero-order valence-electron chi connectivity index (χ0n) is 12.7. The summed E-state index contributed by atoms with van der Waals surface area (Å²) >= 11 is 0. The minimum Gasteiger partial charge on any atom is -0.444 e. The first-order chi connectivity index (χ1) is 9.88. The number of amides is 1. The van der Waals surface area contributed by atoms with Gasteiger partial charge in [0.1, 0.15) is 5.60 Å². The number of hydrogen-bond donors (Lipinski definition) is 0. The molecule has 1 amide bonds. The number of piperidine rings is 1. The van der Waals surface area contributed by atoms with Crippen LogP contribution in [-0.4, -0.2) is 29.7 Å². The summed E-state index contributed by atoms with van der Waals surface area (Å²) in [6.45, 7) is 6.83. The van der Waals surface area contributed by atoms with Crippen molar-refractivity contribution in [1.82, 2.24) is 4.90 Å². The van der Waals surface area contributed by atoms with Crippen molar-refractivity contribution >= 4 is 6.09 Å². The molecule has 1 aromatic carbocycles. The van der Waals surface area contributed by atoms with Crippen molar-refractivity contribution in [3.05, 3.63) is 35.9 Å². The van der Waals surface area contributed by atoms with Gasteiger partial charge in [-0.1, -0.05) is 30.3 Å². The lowest BCUT2D eigenvalue weighted by Gasteiger charge is -2.27. The molecule has 0 aromatic heterocycles. The molecule has 2 fully saturated rings. The van der Waals surface area contributed by atoms with Crippen molar-refractivity contribution in [1.29, 1.82) is 5.26 Å². The molecule has 0 radical (unpaired) electrons. The van der Waals surface area contributed by atoms with Gasteiger partial charge in [0, 0.05) is 24.9 Å². The maximum atomic E-state index is 12.1. The molecule has 1 heterocycles. The van der Waals surface area contributed by atoms with Crippen molar-refractivity contribution in [2.45, 2.75) is 31.8 Å². The highest BCUT2D eigenvalue weighted by Crippen LogP contribution is 2.63. The number of carbonyl (C=O) groups excluding carboxylic acids is 1. The molecule has 1 saturated carbocycles. The molecule has 1 saturated heterocycles. The van der Waals surface area contributed by atoms with E-state index in [-0.39, 0.29) is 17.9 Å². The van der Waals surface area contributed by atoms with E-state index in [1.54, 1.807) is 4.90 Å². The highest BCUT2D eigenvalue weighted by atomic mass is 16.6. The topological polar surface area (TPSA) is 53.3 Å². The molecule has 3 rings (SSSR count). The zero-order valence-corrected chi connectivity index (χ0v) is 12.7. The van der Waals surface area contributed by atoms with Gasteiger partial charge in [0.25, 0.3) is 0 Å². The zero-order chi connectivity index (χ0) is 15.3. The summed E-state index contributed by atoms with van der Waals surface area (Å²) in [7, 11) is 0. The number of fused-ring (bicyclic) bond motifs is 1. The van der Waals surface area contributed by atoms with Gasteiger partial charge in [0.2, 0.25) is 0 Å². The Morgan fingerprint density at radius 2 is 1.86 bits per heavy atom. The third-order valence-electron chi connectivity index (χ3n) is 4.47. The average Bonchev–Trinajstić information content (AvgIpc) is 2.80. The molecular weight excluding hydrogens is 264 g/mol. The molecule has 0 N–H and O–H groups in total. The summed E-state index contributed by atoms with van der Waals surface area (Å²) in [5.74, 6) is 0.467. The molecular formula is C17H20N2O2. The summed E-state index contributed by atoms with van der Waals surface area (Å²) in [5.41, 5.74) is 0.196. The Kier molecular flexibility index (Phi) is 2.98. The number of likely N-dealkylation sites (tertiary alicyclic amines) is 1. The van der Waals surface area contributed by atoms with Crippen molar-refractivity contribution in [3.63, 3.8) is 0 Å². The van der Waals surface area contributed by atoms with Gasteiger partial charge in [0.15, 0.2) is 0 Å². The van der Waals surface area contributed by atoms with E-state index in [4.69, 9.17) is 4.74 Å². The normalized spacial score (nSPS) is 30.5. The average molecular weight is 284 g/mol. The highest BCUT2D eigenvalue weighted by molar-refractivity contribution is 5.69. The van der Waals surface area contributed by atoms with E-state index in [1.165, 1.54) is 0 Å². The quantitative estimate of drug-likeness (QED) is 0.796. The van der Waals surface area contributed by atoms with Crippen molar-refractivity contribution < 1.29 is 9.53 Å². The van der Waals surface area contributed by atoms with Crippen LogP contribution in [0.1, 0.15) is 26.3 Å². The monoisotopic (exact) mass is 284 g/mol.